The Morgan fingerprint density at radius 1 is 1.38 bits per heavy atom. The molecule has 0 aromatic heterocycles. The lowest BCUT2D eigenvalue weighted by molar-refractivity contribution is 0.665. The first-order valence-electron chi connectivity index (χ1n) is 4.71. The van der Waals surface area contributed by atoms with Gasteiger partial charge in [0, 0.05) is 11.7 Å². The highest BCUT2D eigenvalue weighted by molar-refractivity contribution is 5.49. The molecule has 0 spiro atoms. The first kappa shape index (κ1) is 10.1. The molecule has 2 heteroatoms. The summed E-state index contributed by atoms with van der Waals surface area (Å²) in [5.74, 6) is 0. The summed E-state index contributed by atoms with van der Waals surface area (Å²) in [5, 5.41) is 0. The normalized spacial score (nSPS) is 12.8. The molecule has 0 radical (unpaired) electrons. The predicted molar refractivity (Wildman–Crippen MR) is 57.6 cm³/mol. The zero-order chi connectivity index (χ0) is 9.84. The van der Waals surface area contributed by atoms with Crippen molar-refractivity contribution < 1.29 is 0 Å². The van der Waals surface area contributed by atoms with Gasteiger partial charge in [-0.25, -0.2) is 0 Å². The van der Waals surface area contributed by atoms with Gasteiger partial charge in [0.1, 0.15) is 0 Å². The van der Waals surface area contributed by atoms with Crippen molar-refractivity contribution in [2.24, 2.45) is 5.73 Å². The molecule has 72 valence electrons. The lowest BCUT2D eigenvalue weighted by Crippen LogP contribution is -2.15. The fourth-order valence-corrected chi connectivity index (χ4v) is 1.36. The molecule has 1 rings (SSSR count). The quantitative estimate of drug-likeness (QED) is 0.694. The molecule has 1 aromatic carbocycles. The van der Waals surface area contributed by atoms with Crippen molar-refractivity contribution in [2.45, 2.75) is 32.7 Å². The van der Waals surface area contributed by atoms with E-state index in [4.69, 9.17) is 11.5 Å². The SMILES string of the molecule is Cc1c(N)cccc1CCC(C)N. The van der Waals surface area contributed by atoms with Crippen LogP contribution in [0.25, 0.3) is 0 Å². The largest absolute Gasteiger partial charge is 0.399 e. The molecule has 0 aliphatic rings. The van der Waals surface area contributed by atoms with Gasteiger partial charge in [0.15, 0.2) is 0 Å². The van der Waals surface area contributed by atoms with E-state index in [9.17, 15) is 0 Å². The van der Waals surface area contributed by atoms with Gasteiger partial charge in [0.25, 0.3) is 0 Å². The van der Waals surface area contributed by atoms with E-state index >= 15 is 0 Å². The van der Waals surface area contributed by atoms with Crippen molar-refractivity contribution in [3.8, 4) is 0 Å². The molecule has 0 heterocycles. The first-order valence-corrected chi connectivity index (χ1v) is 4.71. The molecule has 0 saturated carbocycles. The second kappa shape index (κ2) is 4.28. The molecular formula is C11H18N2. The van der Waals surface area contributed by atoms with Crippen molar-refractivity contribution in [2.75, 3.05) is 5.73 Å². The van der Waals surface area contributed by atoms with Crippen LogP contribution in [-0.2, 0) is 6.42 Å². The van der Waals surface area contributed by atoms with Crippen LogP contribution in [0.5, 0.6) is 0 Å². The van der Waals surface area contributed by atoms with Crippen LogP contribution in [0.3, 0.4) is 0 Å². The average Bonchev–Trinajstić information content (AvgIpc) is 2.07. The van der Waals surface area contributed by atoms with Crippen LogP contribution in [0, 0.1) is 6.92 Å². The minimum atomic E-state index is 0.265. The highest BCUT2D eigenvalue weighted by Crippen LogP contribution is 2.17. The zero-order valence-electron chi connectivity index (χ0n) is 8.38. The van der Waals surface area contributed by atoms with Crippen LogP contribution < -0.4 is 11.5 Å². The number of hydrogen-bond donors (Lipinski definition) is 2. The van der Waals surface area contributed by atoms with Crippen LogP contribution >= 0.6 is 0 Å². The van der Waals surface area contributed by atoms with Gasteiger partial charge >= 0.3 is 0 Å². The Balaban J connectivity index is 2.71. The summed E-state index contributed by atoms with van der Waals surface area (Å²) < 4.78 is 0. The van der Waals surface area contributed by atoms with Gasteiger partial charge in [-0.3, -0.25) is 0 Å². The predicted octanol–water partition coefficient (Wildman–Crippen LogP) is 1.86. The fourth-order valence-electron chi connectivity index (χ4n) is 1.36. The second-order valence-corrected chi connectivity index (χ2v) is 3.65. The van der Waals surface area contributed by atoms with Gasteiger partial charge in [-0.05, 0) is 43.9 Å². The lowest BCUT2D eigenvalue weighted by atomic mass is 10.0. The summed E-state index contributed by atoms with van der Waals surface area (Å²) in [7, 11) is 0. The van der Waals surface area contributed by atoms with Gasteiger partial charge in [0.2, 0.25) is 0 Å². The molecular weight excluding hydrogens is 160 g/mol. The molecule has 13 heavy (non-hydrogen) atoms. The Morgan fingerprint density at radius 3 is 2.69 bits per heavy atom. The molecule has 2 nitrogen and oxygen atoms in total. The highest BCUT2D eigenvalue weighted by Gasteiger charge is 2.02. The second-order valence-electron chi connectivity index (χ2n) is 3.65. The molecule has 4 N–H and O–H groups in total. The number of rotatable bonds is 3. The molecule has 0 aliphatic carbocycles. The topological polar surface area (TPSA) is 52.0 Å². The zero-order valence-corrected chi connectivity index (χ0v) is 8.38. The Kier molecular flexibility index (Phi) is 3.32. The summed E-state index contributed by atoms with van der Waals surface area (Å²) in [6.07, 6.45) is 2.04. The van der Waals surface area contributed by atoms with Crippen molar-refractivity contribution in [3.63, 3.8) is 0 Å². The minimum absolute atomic E-state index is 0.265. The van der Waals surface area contributed by atoms with E-state index in [1.54, 1.807) is 0 Å². The molecule has 0 amide bonds. The Morgan fingerprint density at radius 2 is 2.08 bits per heavy atom. The lowest BCUT2D eigenvalue weighted by Gasteiger charge is -2.09. The third-order valence-corrected chi connectivity index (χ3v) is 2.36. The van der Waals surface area contributed by atoms with Gasteiger partial charge in [0.05, 0.1) is 0 Å². The van der Waals surface area contributed by atoms with Crippen molar-refractivity contribution in [3.05, 3.63) is 29.3 Å². The maximum atomic E-state index is 5.80. The molecule has 0 bridgehead atoms. The molecule has 1 atom stereocenters. The summed E-state index contributed by atoms with van der Waals surface area (Å²) in [6.45, 7) is 4.09. The smallest absolute Gasteiger partial charge is 0.0346 e. The highest BCUT2D eigenvalue weighted by atomic mass is 14.6. The third-order valence-electron chi connectivity index (χ3n) is 2.36. The monoisotopic (exact) mass is 178 g/mol. The number of nitrogens with two attached hydrogens (primary N) is 2. The minimum Gasteiger partial charge on any atom is -0.399 e. The van der Waals surface area contributed by atoms with Crippen LogP contribution in [0.2, 0.25) is 0 Å². The maximum absolute atomic E-state index is 5.80. The van der Waals surface area contributed by atoms with Gasteiger partial charge < -0.3 is 11.5 Å². The summed E-state index contributed by atoms with van der Waals surface area (Å²) >= 11 is 0. The summed E-state index contributed by atoms with van der Waals surface area (Å²) in [6, 6.07) is 6.32. The van der Waals surface area contributed by atoms with E-state index in [-0.39, 0.29) is 6.04 Å². The molecule has 1 aromatic rings. The van der Waals surface area contributed by atoms with Crippen LogP contribution in [-0.4, -0.2) is 6.04 Å². The van der Waals surface area contributed by atoms with E-state index in [0.717, 1.165) is 18.5 Å². The van der Waals surface area contributed by atoms with Crippen LogP contribution in [0.15, 0.2) is 18.2 Å². The summed E-state index contributed by atoms with van der Waals surface area (Å²) in [4.78, 5) is 0. The van der Waals surface area contributed by atoms with Gasteiger partial charge in [-0.2, -0.15) is 0 Å². The molecule has 0 fully saturated rings. The van der Waals surface area contributed by atoms with E-state index in [1.165, 1.54) is 11.1 Å². The first-order chi connectivity index (χ1) is 6.11. The Bertz CT molecular complexity index is 279. The van der Waals surface area contributed by atoms with Crippen molar-refractivity contribution in [1.82, 2.24) is 0 Å². The van der Waals surface area contributed by atoms with Gasteiger partial charge in [-0.15, -0.1) is 0 Å². The number of benzene rings is 1. The van der Waals surface area contributed by atoms with E-state index < -0.39 is 0 Å². The number of anilines is 1. The van der Waals surface area contributed by atoms with E-state index in [2.05, 4.69) is 13.0 Å². The summed E-state index contributed by atoms with van der Waals surface area (Å²) in [5.41, 5.74) is 14.9. The fraction of sp³-hybridized carbons (Fsp3) is 0.455. The number of nitrogen functional groups attached to an aromatic ring is 1. The van der Waals surface area contributed by atoms with Crippen LogP contribution in [0.1, 0.15) is 24.5 Å². The van der Waals surface area contributed by atoms with Crippen molar-refractivity contribution in [1.29, 1.82) is 0 Å². The maximum Gasteiger partial charge on any atom is 0.0346 e. The standard InChI is InChI=1S/C11H18N2/c1-8(12)6-7-10-4-3-5-11(13)9(10)2/h3-5,8H,6-7,12-13H2,1-2H3. The van der Waals surface area contributed by atoms with E-state index in [0.29, 0.717) is 0 Å². The Labute approximate surface area is 79.9 Å². The van der Waals surface area contributed by atoms with Crippen LogP contribution in [0.4, 0.5) is 5.69 Å². The third kappa shape index (κ3) is 2.74. The van der Waals surface area contributed by atoms with Crippen molar-refractivity contribution >= 4 is 5.69 Å². The number of aryl methyl sites for hydroxylation is 1. The number of hydrogen-bond acceptors (Lipinski definition) is 2. The average molecular weight is 178 g/mol. The Hall–Kier alpha value is -1.02. The molecule has 1 unspecified atom stereocenters. The van der Waals surface area contributed by atoms with E-state index in [1.807, 2.05) is 19.1 Å². The van der Waals surface area contributed by atoms with Gasteiger partial charge in [-0.1, -0.05) is 12.1 Å². The molecule has 0 aliphatic heterocycles. The molecule has 0 saturated heterocycles.